The van der Waals surface area contributed by atoms with Gasteiger partial charge in [-0.15, -0.1) is 0 Å². The van der Waals surface area contributed by atoms with Crippen LogP contribution in [0.5, 0.6) is 5.75 Å². The van der Waals surface area contributed by atoms with Crippen LogP contribution in [0.3, 0.4) is 0 Å². The molecule has 1 fully saturated rings. The summed E-state index contributed by atoms with van der Waals surface area (Å²) in [5.41, 5.74) is 1.96. The first kappa shape index (κ1) is 14.2. The van der Waals surface area contributed by atoms with Crippen LogP contribution in [0, 0.1) is 11.1 Å². The van der Waals surface area contributed by atoms with Crippen LogP contribution < -0.4 is 4.74 Å². The van der Waals surface area contributed by atoms with Crippen molar-refractivity contribution in [2.24, 2.45) is 5.92 Å². The third kappa shape index (κ3) is 2.71. The van der Waals surface area contributed by atoms with E-state index in [2.05, 4.69) is 12.1 Å². The summed E-state index contributed by atoms with van der Waals surface area (Å²) < 4.78 is 5.23. The van der Waals surface area contributed by atoms with Gasteiger partial charge in [0.2, 0.25) is 5.71 Å². The van der Waals surface area contributed by atoms with Crippen LogP contribution in [-0.2, 0) is 4.84 Å². The Labute approximate surface area is 125 Å². The molecule has 0 amide bonds. The van der Waals surface area contributed by atoms with Crippen molar-refractivity contribution in [3.8, 4) is 5.75 Å². The maximum absolute atomic E-state index is 12.1. The molecular weight excluding hydrogens is 266 g/mol. The van der Waals surface area contributed by atoms with Crippen LogP contribution in [0.15, 0.2) is 24.3 Å². The standard InChI is InChI=1S/C17H23NO3/c1-12-17(13-8-10-14(20-2)11-9-13)15-6-4-3-5-7-16(15)21-18(12)19/h8-11,15-17H,3-7H2,1-2H3/t15-,16+,17+/m1/s1. The molecule has 2 aliphatic rings. The number of hydrogen-bond acceptors (Lipinski definition) is 3. The monoisotopic (exact) mass is 289 g/mol. The number of methoxy groups -OCH3 is 1. The quantitative estimate of drug-likeness (QED) is 0.781. The van der Waals surface area contributed by atoms with E-state index in [-0.39, 0.29) is 12.0 Å². The summed E-state index contributed by atoms with van der Waals surface area (Å²) in [4.78, 5) is 6.35. The number of nitrogens with zero attached hydrogens (tertiary/aromatic N) is 1. The number of fused-ring (bicyclic) bond motifs is 1. The first-order chi connectivity index (χ1) is 10.2. The molecule has 1 aromatic carbocycles. The zero-order valence-corrected chi connectivity index (χ0v) is 12.7. The maximum atomic E-state index is 12.1. The van der Waals surface area contributed by atoms with E-state index in [0.29, 0.717) is 5.92 Å². The lowest BCUT2D eigenvalue weighted by atomic mass is 9.76. The smallest absolute Gasteiger partial charge is 0.226 e. The number of ether oxygens (including phenoxy) is 1. The van der Waals surface area contributed by atoms with Crippen LogP contribution >= 0.6 is 0 Å². The van der Waals surface area contributed by atoms with Crippen molar-refractivity contribution in [3.63, 3.8) is 0 Å². The summed E-state index contributed by atoms with van der Waals surface area (Å²) in [5, 5.41) is 12.1. The minimum absolute atomic E-state index is 0.0563. The summed E-state index contributed by atoms with van der Waals surface area (Å²) in [6, 6.07) is 8.10. The van der Waals surface area contributed by atoms with Gasteiger partial charge >= 0.3 is 0 Å². The normalized spacial score (nSPS) is 29.3. The van der Waals surface area contributed by atoms with E-state index in [9.17, 15) is 5.21 Å². The fraction of sp³-hybridized carbons (Fsp3) is 0.588. The second-order valence-corrected chi connectivity index (χ2v) is 6.10. The predicted octanol–water partition coefficient (Wildman–Crippen LogP) is 3.64. The van der Waals surface area contributed by atoms with Crippen LogP contribution in [0.1, 0.15) is 50.5 Å². The molecule has 0 aromatic heterocycles. The van der Waals surface area contributed by atoms with Gasteiger partial charge in [0.15, 0.2) is 0 Å². The highest BCUT2D eigenvalue weighted by molar-refractivity contribution is 5.85. The van der Waals surface area contributed by atoms with Gasteiger partial charge in [0.05, 0.1) is 19.1 Å². The van der Waals surface area contributed by atoms with Crippen molar-refractivity contribution in [2.75, 3.05) is 7.11 Å². The van der Waals surface area contributed by atoms with E-state index in [1.165, 1.54) is 18.4 Å². The van der Waals surface area contributed by atoms with E-state index in [4.69, 9.17) is 9.57 Å². The van der Waals surface area contributed by atoms with E-state index < -0.39 is 0 Å². The Kier molecular flexibility index (Phi) is 4.04. The lowest BCUT2D eigenvalue weighted by Crippen LogP contribution is -2.41. The Morgan fingerprint density at radius 1 is 1.14 bits per heavy atom. The maximum Gasteiger partial charge on any atom is 0.226 e. The molecule has 1 heterocycles. The van der Waals surface area contributed by atoms with E-state index in [1.54, 1.807) is 7.11 Å². The average Bonchev–Trinajstić information content (AvgIpc) is 2.74. The molecule has 3 atom stereocenters. The molecular formula is C17H23NO3. The Hall–Kier alpha value is -1.71. The minimum atomic E-state index is 0.0563. The third-order valence-corrected chi connectivity index (χ3v) is 4.88. The van der Waals surface area contributed by atoms with Gasteiger partial charge in [0.25, 0.3) is 0 Å². The molecule has 0 saturated heterocycles. The Morgan fingerprint density at radius 2 is 1.86 bits per heavy atom. The van der Waals surface area contributed by atoms with Crippen molar-refractivity contribution < 1.29 is 14.5 Å². The molecule has 1 aliphatic carbocycles. The zero-order chi connectivity index (χ0) is 14.8. The number of rotatable bonds is 2. The van der Waals surface area contributed by atoms with Crippen molar-refractivity contribution in [3.05, 3.63) is 35.0 Å². The molecule has 114 valence electrons. The molecule has 0 N–H and O–H groups in total. The van der Waals surface area contributed by atoms with Gasteiger partial charge in [-0.1, -0.05) is 31.4 Å². The first-order valence-corrected chi connectivity index (χ1v) is 7.82. The van der Waals surface area contributed by atoms with Gasteiger partial charge in [-0.05, 0) is 36.5 Å². The first-order valence-electron chi connectivity index (χ1n) is 7.82. The Balaban J connectivity index is 1.96. The Bertz CT molecular complexity index is 523. The van der Waals surface area contributed by atoms with Crippen molar-refractivity contribution in [1.82, 2.24) is 0 Å². The summed E-state index contributed by atoms with van der Waals surface area (Å²) >= 11 is 0. The second-order valence-electron chi connectivity index (χ2n) is 6.10. The molecule has 4 nitrogen and oxygen atoms in total. The molecule has 1 aliphatic heterocycles. The molecule has 1 aromatic rings. The van der Waals surface area contributed by atoms with Crippen molar-refractivity contribution >= 4 is 5.71 Å². The van der Waals surface area contributed by atoms with Crippen molar-refractivity contribution in [1.29, 1.82) is 0 Å². The molecule has 1 saturated carbocycles. The van der Waals surface area contributed by atoms with E-state index >= 15 is 0 Å². The van der Waals surface area contributed by atoms with Crippen LogP contribution in [0.2, 0.25) is 0 Å². The number of hydrogen-bond donors (Lipinski definition) is 0. The largest absolute Gasteiger partial charge is 0.497 e. The molecule has 0 bridgehead atoms. The summed E-state index contributed by atoms with van der Waals surface area (Å²) in [6.07, 6.45) is 5.80. The average molecular weight is 289 g/mol. The van der Waals surface area contributed by atoms with Gasteiger partial charge in [-0.3, -0.25) is 5.21 Å². The van der Waals surface area contributed by atoms with E-state index in [0.717, 1.165) is 35.6 Å². The topological polar surface area (TPSA) is 44.5 Å². The summed E-state index contributed by atoms with van der Waals surface area (Å²) in [5.74, 6) is 1.41. The highest BCUT2D eigenvalue weighted by Gasteiger charge is 2.41. The van der Waals surface area contributed by atoms with Gasteiger partial charge in [0.1, 0.15) is 5.75 Å². The fourth-order valence-electron chi connectivity index (χ4n) is 3.74. The predicted molar refractivity (Wildman–Crippen MR) is 81.5 cm³/mol. The van der Waals surface area contributed by atoms with Crippen LogP contribution in [0.25, 0.3) is 0 Å². The molecule has 4 heteroatoms. The lowest BCUT2D eigenvalue weighted by molar-refractivity contribution is -0.762. The van der Waals surface area contributed by atoms with Crippen molar-refractivity contribution in [2.45, 2.75) is 51.0 Å². The van der Waals surface area contributed by atoms with Gasteiger partial charge in [-0.25, -0.2) is 0 Å². The molecule has 0 spiro atoms. The minimum Gasteiger partial charge on any atom is -0.497 e. The third-order valence-electron chi connectivity index (χ3n) is 4.88. The SMILES string of the molecule is COc1ccc([C@@H]2C(C)=[N+]([O-])O[C@H]3CCCCC[C@H]32)cc1. The highest BCUT2D eigenvalue weighted by atomic mass is 16.9. The van der Waals surface area contributed by atoms with E-state index in [1.807, 2.05) is 19.1 Å². The summed E-state index contributed by atoms with van der Waals surface area (Å²) in [6.45, 7) is 1.89. The molecule has 3 rings (SSSR count). The van der Waals surface area contributed by atoms with Crippen LogP contribution in [-0.4, -0.2) is 23.8 Å². The van der Waals surface area contributed by atoms with Gasteiger partial charge < -0.3 is 9.57 Å². The van der Waals surface area contributed by atoms with Gasteiger partial charge in [-0.2, -0.15) is 0 Å². The van der Waals surface area contributed by atoms with Gasteiger partial charge in [0, 0.05) is 11.8 Å². The number of benzene rings is 1. The molecule has 0 unspecified atom stereocenters. The summed E-state index contributed by atoms with van der Waals surface area (Å²) in [7, 11) is 1.67. The highest BCUT2D eigenvalue weighted by Crippen LogP contribution is 2.40. The molecule has 0 radical (unpaired) electrons. The zero-order valence-electron chi connectivity index (χ0n) is 12.7. The fourth-order valence-corrected chi connectivity index (χ4v) is 3.74. The Morgan fingerprint density at radius 3 is 2.57 bits per heavy atom. The second kappa shape index (κ2) is 5.96. The van der Waals surface area contributed by atoms with Crippen LogP contribution in [0.4, 0.5) is 0 Å². The lowest BCUT2D eigenvalue weighted by Gasteiger charge is -2.37. The molecule has 21 heavy (non-hydrogen) atoms.